The molecular weight excluding hydrogens is 467 g/mol. The van der Waals surface area contributed by atoms with Gasteiger partial charge in [0.2, 0.25) is 0 Å². The molecule has 2 rings (SSSR count). The van der Waals surface area contributed by atoms with Crippen LogP contribution in [-0.2, 0) is 27.6 Å². The number of aliphatic hydroxyl groups excluding tert-OH is 1. The molecule has 1 aromatic carbocycles. The van der Waals surface area contributed by atoms with Crippen molar-refractivity contribution >= 4 is 11.9 Å². The first kappa shape index (κ1) is 32.4. The van der Waals surface area contributed by atoms with E-state index in [1.807, 2.05) is 20.1 Å². The van der Waals surface area contributed by atoms with Gasteiger partial charge in [-0.05, 0) is 55.6 Å². The molecule has 2 atom stereocenters. The van der Waals surface area contributed by atoms with Gasteiger partial charge in [-0.15, -0.1) is 0 Å². The first-order chi connectivity index (χ1) is 14.8. The monoisotopic (exact) mass is 514 g/mol. The van der Waals surface area contributed by atoms with Crippen molar-refractivity contribution in [2.24, 2.45) is 9.98 Å². The van der Waals surface area contributed by atoms with E-state index in [0.29, 0.717) is 11.5 Å². The molecule has 1 aliphatic rings. The smallest absolute Gasteiger partial charge is 0.128 e. The topological polar surface area (TPSA) is 65.2 Å². The summed E-state index contributed by atoms with van der Waals surface area (Å²) >= 11 is 0. The van der Waals surface area contributed by atoms with Crippen LogP contribution in [0, 0.1) is 7.43 Å². The van der Waals surface area contributed by atoms with E-state index in [4.69, 9.17) is 9.98 Å². The molecule has 2 N–H and O–H groups in total. The molecule has 4 nitrogen and oxygen atoms in total. The molecule has 2 unspecified atom stereocenters. The summed E-state index contributed by atoms with van der Waals surface area (Å²) in [5, 5.41) is 21.1. The summed E-state index contributed by atoms with van der Waals surface area (Å²) in [5.41, 5.74) is 4.59. The van der Waals surface area contributed by atoms with Crippen molar-refractivity contribution in [3.05, 3.63) is 47.6 Å². The predicted octanol–water partition coefficient (Wildman–Crippen LogP) is 7.87. The first-order valence-corrected chi connectivity index (χ1v) is 12.1. The molecule has 0 amide bonds. The minimum atomic E-state index is -0.159. The molecule has 0 aliphatic heterocycles. The molecule has 0 bridgehead atoms. The van der Waals surface area contributed by atoms with Crippen molar-refractivity contribution in [1.29, 1.82) is 0 Å². The molecule has 0 heterocycles. The van der Waals surface area contributed by atoms with E-state index in [1.54, 1.807) is 6.92 Å². The molecular formula is C29H47CoN2O2-. The molecule has 0 aromatic heterocycles. The number of hydrogen-bond donors (Lipinski definition) is 2. The van der Waals surface area contributed by atoms with E-state index >= 15 is 0 Å². The van der Waals surface area contributed by atoms with Gasteiger partial charge >= 0.3 is 0 Å². The zero-order valence-corrected chi connectivity index (χ0v) is 24.1. The molecule has 5 heteroatoms. The van der Waals surface area contributed by atoms with Crippen LogP contribution in [-0.4, -0.2) is 34.2 Å². The van der Waals surface area contributed by atoms with Gasteiger partial charge in [0.25, 0.3) is 0 Å². The third-order valence-corrected chi connectivity index (χ3v) is 6.50. The average Bonchev–Trinajstić information content (AvgIpc) is 2.66. The number of rotatable bonds is 5. The number of aliphatic imine (C=N–C) groups is 2. The zero-order chi connectivity index (χ0) is 24.3. The van der Waals surface area contributed by atoms with Gasteiger partial charge in [0.05, 0.1) is 17.8 Å². The second-order valence-electron chi connectivity index (χ2n) is 11.3. The van der Waals surface area contributed by atoms with E-state index in [-0.39, 0.29) is 47.1 Å². The standard InChI is InChI=1S/C28H44N2O2.CH3.Co/c1-10-22(19(3)31)18(2)30-25-14-12-11-13-24(25)29-17-20-15-21(27(4,5)6)16-23(26(20)32)28(7,8)9;;/h15-17,24-25,31-32H,10-14H2,1-9H3;1H3;/q;-1;. The third-order valence-electron chi connectivity index (χ3n) is 6.50. The van der Waals surface area contributed by atoms with E-state index in [9.17, 15) is 10.2 Å². The summed E-state index contributed by atoms with van der Waals surface area (Å²) < 4.78 is 0. The minimum Gasteiger partial charge on any atom is -0.512 e. The summed E-state index contributed by atoms with van der Waals surface area (Å²) in [6, 6.07) is 4.41. The maximum absolute atomic E-state index is 11.1. The van der Waals surface area contributed by atoms with Crippen LogP contribution in [0.1, 0.15) is 111 Å². The molecule has 0 spiro atoms. The van der Waals surface area contributed by atoms with Crippen molar-refractivity contribution in [3.8, 4) is 5.75 Å². The minimum absolute atomic E-state index is 0. The number of nitrogens with zero attached hydrogens (tertiary/aromatic N) is 2. The van der Waals surface area contributed by atoms with Gasteiger partial charge in [-0.1, -0.05) is 67.4 Å². The van der Waals surface area contributed by atoms with Crippen LogP contribution in [0.5, 0.6) is 5.75 Å². The van der Waals surface area contributed by atoms with Crippen LogP contribution >= 0.6 is 0 Å². The zero-order valence-electron chi connectivity index (χ0n) is 23.0. The van der Waals surface area contributed by atoms with Crippen LogP contribution < -0.4 is 0 Å². The Labute approximate surface area is 219 Å². The Morgan fingerprint density at radius 1 is 1.00 bits per heavy atom. The Morgan fingerprint density at radius 3 is 2.03 bits per heavy atom. The summed E-state index contributed by atoms with van der Waals surface area (Å²) in [4.78, 5) is 9.94. The summed E-state index contributed by atoms with van der Waals surface area (Å²) in [5.74, 6) is 0.677. The van der Waals surface area contributed by atoms with E-state index in [0.717, 1.165) is 54.5 Å². The van der Waals surface area contributed by atoms with Gasteiger partial charge < -0.3 is 17.6 Å². The number of phenolic OH excluding ortho intramolecular Hbond substituents is 1. The maximum Gasteiger partial charge on any atom is 0.128 e. The second-order valence-corrected chi connectivity index (χ2v) is 11.3. The first-order valence-electron chi connectivity index (χ1n) is 12.1. The fourth-order valence-corrected chi connectivity index (χ4v) is 4.45. The summed E-state index contributed by atoms with van der Waals surface area (Å²) in [6.07, 6.45) is 6.91. The fraction of sp³-hybridized carbons (Fsp3) is 0.621. The Bertz CT molecular complexity index is 898. The molecule has 1 aliphatic carbocycles. The van der Waals surface area contributed by atoms with Crippen LogP contribution in [0.2, 0.25) is 0 Å². The normalized spacial score (nSPS) is 20.4. The summed E-state index contributed by atoms with van der Waals surface area (Å²) in [6.45, 7) is 18.7. The number of allylic oxidation sites excluding steroid dienone is 2. The number of phenols is 1. The Morgan fingerprint density at radius 2 is 1.56 bits per heavy atom. The molecule has 1 radical (unpaired) electrons. The van der Waals surface area contributed by atoms with E-state index in [1.165, 1.54) is 5.56 Å². The molecule has 0 saturated heterocycles. The second kappa shape index (κ2) is 12.9. The van der Waals surface area contributed by atoms with Gasteiger partial charge in [0, 0.05) is 45.4 Å². The molecule has 1 aromatic rings. The molecule has 34 heavy (non-hydrogen) atoms. The fourth-order valence-electron chi connectivity index (χ4n) is 4.45. The molecule has 1 fully saturated rings. The van der Waals surface area contributed by atoms with Crippen molar-refractivity contribution in [2.45, 2.75) is 117 Å². The Balaban J connectivity index is 0.00000544. The van der Waals surface area contributed by atoms with Crippen molar-refractivity contribution in [2.75, 3.05) is 0 Å². The van der Waals surface area contributed by atoms with Gasteiger partial charge in [0.1, 0.15) is 5.75 Å². The van der Waals surface area contributed by atoms with Crippen LogP contribution in [0.25, 0.3) is 0 Å². The van der Waals surface area contributed by atoms with Crippen LogP contribution in [0.4, 0.5) is 0 Å². The number of aliphatic hydroxyl groups is 1. The van der Waals surface area contributed by atoms with Crippen molar-refractivity contribution < 1.29 is 27.0 Å². The largest absolute Gasteiger partial charge is 0.512 e. The number of hydrogen-bond acceptors (Lipinski definition) is 4. The SMILES string of the molecule is CCC(C(C)=NC1CCCCC1N=Cc1cc(C(C)(C)C)cc(C(C)(C)C)c1O)=C(C)O.[CH3-].[Co]. The Kier molecular flexibility index (Phi) is 12.3. The predicted molar refractivity (Wildman–Crippen MR) is 144 cm³/mol. The quantitative estimate of drug-likeness (QED) is 0.239. The Hall–Kier alpha value is -1.59. The van der Waals surface area contributed by atoms with Crippen molar-refractivity contribution in [3.63, 3.8) is 0 Å². The maximum atomic E-state index is 11.1. The molecule has 1 saturated carbocycles. The van der Waals surface area contributed by atoms with Gasteiger partial charge in [-0.3, -0.25) is 9.98 Å². The average molecular weight is 515 g/mol. The third kappa shape index (κ3) is 8.26. The summed E-state index contributed by atoms with van der Waals surface area (Å²) in [7, 11) is 0. The molecule has 195 valence electrons. The van der Waals surface area contributed by atoms with Gasteiger partial charge in [-0.25, -0.2) is 0 Å². The van der Waals surface area contributed by atoms with Crippen molar-refractivity contribution in [1.82, 2.24) is 0 Å². The van der Waals surface area contributed by atoms with Gasteiger partial charge in [-0.2, -0.15) is 0 Å². The van der Waals surface area contributed by atoms with Crippen LogP contribution in [0.3, 0.4) is 0 Å². The number of aromatic hydroxyl groups is 1. The van der Waals surface area contributed by atoms with E-state index < -0.39 is 0 Å². The van der Waals surface area contributed by atoms with Gasteiger partial charge in [0.15, 0.2) is 0 Å². The van der Waals surface area contributed by atoms with Crippen LogP contribution in [0.15, 0.2) is 33.4 Å². The number of benzene rings is 1. The van der Waals surface area contributed by atoms with E-state index in [2.05, 4.69) is 53.7 Å².